The van der Waals surface area contributed by atoms with E-state index < -0.39 is 9.76 Å². The van der Waals surface area contributed by atoms with Crippen molar-refractivity contribution in [2.45, 2.75) is 0 Å². The Morgan fingerprint density at radius 1 is 1.86 bits per heavy atom. The molecule has 0 saturated heterocycles. The number of halogens is 1. The zero-order chi connectivity index (χ0) is 5.54. The minimum Gasteiger partial charge on any atom is -0.418 e. The minimum atomic E-state index is -0.410. The summed E-state index contributed by atoms with van der Waals surface area (Å²) in [7, 11) is -0.410. The molecule has 42 valence electrons. The lowest BCUT2D eigenvalue weighted by atomic mass is 10.9. The second kappa shape index (κ2) is 6.21. The van der Waals surface area contributed by atoms with Crippen molar-refractivity contribution in [2.24, 2.45) is 0 Å². The fourth-order valence-corrected chi connectivity index (χ4v) is 0.991. The molecule has 0 amide bonds. The number of hydrogen-bond acceptors (Lipinski definition) is 1. The highest BCUT2D eigenvalue weighted by Gasteiger charge is 1.77. The van der Waals surface area contributed by atoms with Gasteiger partial charge in [0.2, 0.25) is 0 Å². The quantitative estimate of drug-likeness (QED) is 0.310. The van der Waals surface area contributed by atoms with E-state index in [0.717, 1.165) is 0 Å². The van der Waals surface area contributed by atoms with Gasteiger partial charge in [-0.1, -0.05) is 5.70 Å². The van der Waals surface area contributed by atoms with Gasteiger partial charge in [-0.25, -0.2) is 0 Å². The van der Waals surface area contributed by atoms with Crippen LogP contribution >= 0.6 is 11.6 Å². The molecule has 0 aliphatic heterocycles. The summed E-state index contributed by atoms with van der Waals surface area (Å²) in [4.78, 5) is 0. The summed E-state index contributed by atoms with van der Waals surface area (Å²) in [5, 5.41) is 0. The van der Waals surface area contributed by atoms with Crippen molar-refractivity contribution in [3.05, 3.63) is 12.3 Å². The van der Waals surface area contributed by atoms with E-state index in [2.05, 4.69) is 6.58 Å². The summed E-state index contributed by atoms with van der Waals surface area (Å²) in [6.07, 6.45) is 0. The first kappa shape index (κ1) is 7.21. The third-order valence-corrected chi connectivity index (χ3v) is 1.37. The van der Waals surface area contributed by atoms with E-state index in [1.54, 1.807) is 0 Å². The predicted octanol–water partition coefficient (Wildman–Crippen LogP) is 0.469. The average molecular weight is 137 g/mol. The molecule has 0 fully saturated rings. The van der Waals surface area contributed by atoms with Crippen LogP contribution < -0.4 is 0 Å². The van der Waals surface area contributed by atoms with Gasteiger partial charge in [0.1, 0.15) is 0 Å². The largest absolute Gasteiger partial charge is 0.418 e. The molecule has 0 bridgehead atoms. The van der Waals surface area contributed by atoms with Gasteiger partial charge in [0.15, 0.2) is 9.76 Å². The molecule has 0 aromatic rings. The normalized spacial score (nSPS) is 10.4. The summed E-state index contributed by atoms with van der Waals surface area (Å²) in [6.45, 7) is 4.21. The fourth-order valence-electron chi connectivity index (χ4n) is 0.221. The Labute approximate surface area is 51.3 Å². The van der Waals surface area contributed by atoms with E-state index in [1.165, 1.54) is 0 Å². The zero-order valence-corrected chi connectivity index (χ0v) is 6.36. The maximum atomic E-state index is 5.30. The highest BCUT2D eigenvalue weighted by molar-refractivity contribution is 6.34. The van der Waals surface area contributed by atoms with E-state index in [9.17, 15) is 0 Å². The first-order valence-electron chi connectivity index (χ1n) is 2.16. The molecule has 0 atom stereocenters. The highest BCUT2D eigenvalue weighted by Crippen LogP contribution is 1.75. The zero-order valence-electron chi connectivity index (χ0n) is 4.19. The van der Waals surface area contributed by atoms with Crippen LogP contribution in [0.3, 0.4) is 0 Å². The topological polar surface area (TPSA) is 9.23 Å². The molecule has 0 aromatic carbocycles. The van der Waals surface area contributed by atoms with E-state index in [4.69, 9.17) is 16.0 Å². The first-order valence-corrected chi connectivity index (χ1v) is 4.09. The highest BCUT2D eigenvalue weighted by atomic mass is 35.5. The van der Waals surface area contributed by atoms with Crippen molar-refractivity contribution in [3.63, 3.8) is 0 Å². The van der Waals surface area contributed by atoms with Crippen LogP contribution in [-0.4, -0.2) is 22.3 Å². The average Bonchev–Trinajstić information content (AvgIpc) is 1.69. The van der Waals surface area contributed by atoms with Crippen molar-refractivity contribution >= 4 is 21.4 Å². The summed E-state index contributed by atoms with van der Waals surface area (Å²) < 4.78 is 5.02. The smallest absolute Gasteiger partial charge is 0.184 e. The summed E-state index contributed by atoms with van der Waals surface area (Å²) >= 11 is 5.30. The molecule has 0 rings (SSSR count). The van der Waals surface area contributed by atoms with Crippen molar-refractivity contribution in [3.8, 4) is 0 Å². The van der Waals surface area contributed by atoms with Gasteiger partial charge in [-0.3, -0.25) is 0 Å². The Bertz CT molecular complexity index is 49.0. The Kier molecular flexibility index (Phi) is 6.39. The van der Waals surface area contributed by atoms with Gasteiger partial charge < -0.3 is 4.43 Å². The van der Waals surface area contributed by atoms with E-state index in [1.807, 2.05) is 5.70 Å². The van der Waals surface area contributed by atoms with Crippen LogP contribution in [0.4, 0.5) is 0 Å². The third kappa shape index (κ3) is 6.21. The van der Waals surface area contributed by atoms with E-state index >= 15 is 0 Å². The van der Waals surface area contributed by atoms with Crippen molar-refractivity contribution in [1.82, 2.24) is 0 Å². The van der Waals surface area contributed by atoms with Crippen molar-refractivity contribution in [1.29, 1.82) is 0 Å². The Morgan fingerprint density at radius 3 is 3.00 bits per heavy atom. The number of hydrogen-bond donors (Lipinski definition) is 0. The second-order valence-electron chi connectivity index (χ2n) is 1.05. The van der Waals surface area contributed by atoms with Gasteiger partial charge in [-0.2, -0.15) is 0 Å². The summed E-state index contributed by atoms with van der Waals surface area (Å²) in [6, 6.07) is 0. The van der Waals surface area contributed by atoms with Gasteiger partial charge in [0.25, 0.3) is 0 Å². The standard InChI is InChI=1S/C4H9ClOSi/c1-2-7-6-4-3-5/h2H,1,3-4,7H2. The van der Waals surface area contributed by atoms with E-state index in [-0.39, 0.29) is 0 Å². The molecule has 3 heteroatoms. The maximum absolute atomic E-state index is 5.30. The molecule has 0 heterocycles. The monoisotopic (exact) mass is 136 g/mol. The van der Waals surface area contributed by atoms with Gasteiger partial charge in [-0.15, -0.1) is 18.2 Å². The van der Waals surface area contributed by atoms with Crippen LogP contribution in [0, 0.1) is 0 Å². The minimum absolute atomic E-state index is 0.410. The SMILES string of the molecule is C=C[SiH2]OCCCl. The van der Waals surface area contributed by atoms with Gasteiger partial charge in [0.05, 0.1) is 0 Å². The molecule has 0 aliphatic rings. The van der Waals surface area contributed by atoms with E-state index in [0.29, 0.717) is 12.5 Å². The molecular weight excluding hydrogens is 128 g/mol. The Hall–Kier alpha value is 0.207. The Balaban J connectivity index is 2.56. The summed E-state index contributed by atoms with van der Waals surface area (Å²) in [5.74, 6) is 0.598. The summed E-state index contributed by atoms with van der Waals surface area (Å²) in [5.41, 5.74) is 1.84. The van der Waals surface area contributed by atoms with Crippen molar-refractivity contribution in [2.75, 3.05) is 12.5 Å². The van der Waals surface area contributed by atoms with Gasteiger partial charge in [-0.05, 0) is 0 Å². The predicted molar refractivity (Wildman–Crippen MR) is 35.4 cm³/mol. The molecule has 0 spiro atoms. The lowest BCUT2D eigenvalue weighted by Crippen LogP contribution is -1.97. The molecule has 0 N–H and O–H groups in total. The number of alkyl halides is 1. The van der Waals surface area contributed by atoms with Gasteiger partial charge >= 0.3 is 0 Å². The molecule has 0 saturated carbocycles. The van der Waals surface area contributed by atoms with Crippen LogP contribution in [0.5, 0.6) is 0 Å². The molecular formula is C4H9ClOSi. The molecule has 0 radical (unpaired) electrons. The van der Waals surface area contributed by atoms with Crippen LogP contribution in [0.25, 0.3) is 0 Å². The molecule has 1 nitrogen and oxygen atoms in total. The lowest BCUT2D eigenvalue weighted by molar-refractivity contribution is 0.369. The van der Waals surface area contributed by atoms with Crippen LogP contribution in [-0.2, 0) is 4.43 Å². The first-order chi connectivity index (χ1) is 3.41. The van der Waals surface area contributed by atoms with Crippen LogP contribution in [0.15, 0.2) is 12.3 Å². The van der Waals surface area contributed by atoms with Crippen LogP contribution in [0.2, 0.25) is 0 Å². The second-order valence-corrected chi connectivity index (χ2v) is 2.75. The molecule has 0 aromatic heterocycles. The fraction of sp³-hybridized carbons (Fsp3) is 0.500. The van der Waals surface area contributed by atoms with Gasteiger partial charge in [0, 0.05) is 12.5 Å². The van der Waals surface area contributed by atoms with Crippen LogP contribution in [0.1, 0.15) is 0 Å². The Morgan fingerprint density at radius 2 is 2.57 bits per heavy atom. The number of rotatable bonds is 4. The molecule has 7 heavy (non-hydrogen) atoms. The third-order valence-electron chi connectivity index (χ3n) is 0.457. The lowest BCUT2D eigenvalue weighted by Gasteiger charge is -1.91. The maximum Gasteiger partial charge on any atom is 0.184 e. The van der Waals surface area contributed by atoms with Crippen molar-refractivity contribution < 1.29 is 4.43 Å². The molecule has 0 unspecified atom stereocenters. The molecule has 0 aliphatic carbocycles.